The number of aromatic nitrogens is 2. The third kappa shape index (κ3) is 3.75. The number of hydrogen-bond acceptors (Lipinski definition) is 6. The molecule has 4 rings (SSSR count). The van der Waals surface area contributed by atoms with E-state index in [0.29, 0.717) is 22.7 Å². The standard InChI is InChI=1S/C20H22ClN5O2S/c1-24-11-13-26(14-12-24)20-22-17-9-5-3-7-15(17)19(23-20)25(2)29(27,28)18-10-6-4-8-16(18)21/h3-10H,11-14H2,1-2H3. The second-order valence-corrected chi connectivity index (χ2v) is 9.40. The normalized spacial score (nSPS) is 15.6. The summed E-state index contributed by atoms with van der Waals surface area (Å²) in [5.74, 6) is 0.873. The molecule has 1 saturated heterocycles. The van der Waals surface area contributed by atoms with Gasteiger partial charge in [0.15, 0.2) is 5.82 Å². The molecule has 1 aliphatic rings. The van der Waals surface area contributed by atoms with E-state index < -0.39 is 10.0 Å². The molecule has 0 saturated carbocycles. The minimum atomic E-state index is -3.89. The number of likely N-dealkylation sites (N-methyl/N-ethyl adjacent to an activating group) is 1. The Bertz CT molecular complexity index is 1150. The molecule has 152 valence electrons. The van der Waals surface area contributed by atoms with Gasteiger partial charge in [-0.2, -0.15) is 4.98 Å². The predicted molar refractivity (Wildman–Crippen MR) is 116 cm³/mol. The van der Waals surface area contributed by atoms with Crippen LogP contribution in [0, 0.1) is 0 Å². The Morgan fingerprint density at radius 1 is 0.966 bits per heavy atom. The van der Waals surface area contributed by atoms with Crippen molar-refractivity contribution in [3.8, 4) is 0 Å². The Labute approximate surface area is 175 Å². The van der Waals surface area contributed by atoms with Crippen molar-refractivity contribution < 1.29 is 8.42 Å². The smallest absolute Gasteiger partial charge is 0.266 e. The number of rotatable bonds is 4. The molecule has 2 aromatic carbocycles. The van der Waals surface area contributed by atoms with Gasteiger partial charge in [-0.15, -0.1) is 0 Å². The molecule has 2 heterocycles. The third-order valence-corrected chi connectivity index (χ3v) is 7.38. The van der Waals surface area contributed by atoms with Crippen molar-refractivity contribution in [1.82, 2.24) is 14.9 Å². The van der Waals surface area contributed by atoms with Crippen molar-refractivity contribution in [2.24, 2.45) is 0 Å². The first kappa shape index (κ1) is 19.9. The largest absolute Gasteiger partial charge is 0.338 e. The van der Waals surface area contributed by atoms with Crippen LogP contribution in [0.4, 0.5) is 11.8 Å². The Morgan fingerprint density at radius 3 is 2.34 bits per heavy atom. The summed E-state index contributed by atoms with van der Waals surface area (Å²) in [6.45, 7) is 3.38. The van der Waals surface area contributed by atoms with Crippen LogP contribution in [0.2, 0.25) is 5.02 Å². The molecule has 3 aromatic rings. The zero-order valence-corrected chi connectivity index (χ0v) is 17.9. The summed E-state index contributed by atoms with van der Waals surface area (Å²) in [5.41, 5.74) is 0.702. The van der Waals surface area contributed by atoms with Crippen molar-refractivity contribution >= 4 is 44.3 Å². The summed E-state index contributed by atoms with van der Waals surface area (Å²) in [6.07, 6.45) is 0. The number of hydrogen-bond donors (Lipinski definition) is 0. The summed E-state index contributed by atoms with van der Waals surface area (Å²) in [7, 11) is -0.308. The van der Waals surface area contributed by atoms with Crippen LogP contribution in [-0.2, 0) is 10.0 Å². The van der Waals surface area contributed by atoms with Gasteiger partial charge in [0, 0.05) is 38.6 Å². The van der Waals surface area contributed by atoms with Crippen LogP contribution in [0.25, 0.3) is 10.9 Å². The number of fused-ring (bicyclic) bond motifs is 1. The molecule has 0 N–H and O–H groups in total. The Morgan fingerprint density at radius 2 is 1.62 bits per heavy atom. The van der Waals surface area contributed by atoms with E-state index in [1.165, 1.54) is 17.4 Å². The summed E-state index contributed by atoms with van der Waals surface area (Å²) in [6, 6.07) is 13.9. The predicted octanol–water partition coefficient (Wildman–Crippen LogP) is 2.86. The maximum Gasteiger partial charge on any atom is 0.266 e. The average molecular weight is 432 g/mol. The van der Waals surface area contributed by atoms with Crippen LogP contribution >= 0.6 is 11.6 Å². The van der Waals surface area contributed by atoms with Crippen molar-refractivity contribution in [1.29, 1.82) is 0 Å². The van der Waals surface area contributed by atoms with Gasteiger partial charge in [-0.05, 0) is 31.3 Å². The topological polar surface area (TPSA) is 69.6 Å². The van der Waals surface area contributed by atoms with Gasteiger partial charge in [0.25, 0.3) is 10.0 Å². The summed E-state index contributed by atoms with van der Waals surface area (Å²) < 4.78 is 27.8. The number of para-hydroxylation sites is 1. The fraction of sp³-hybridized carbons (Fsp3) is 0.300. The minimum Gasteiger partial charge on any atom is -0.338 e. The van der Waals surface area contributed by atoms with Gasteiger partial charge in [-0.1, -0.05) is 35.9 Å². The fourth-order valence-corrected chi connectivity index (χ4v) is 5.01. The van der Waals surface area contributed by atoms with E-state index in [9.17, 15) is 8.42 Å². The van der Waals surface area contributed by atoms with Crippen molar-refractivity contribution in [3.63, 3.8) is 0 Å². The van der Waals surface area contributed by atoms with Gasteiger partial charge < -0.3 is 9.80 Å². The van der Waals surface area contributed by atoms with Gasteiger partial charge in [0.2, 0.25) is 5.95 Å². The first-order valence-corrected chi connectivity index (χ1v) is 11.1. The molecule has 9 heteroatoms. The molecule has 0 aliphatic carbocycles. The molecule has 1 fully saturated rings. The lowest BCUT2D eigenvalue weighted by Crippen LogP contribution is -2.45. The molecule has 1 aliphatic heterocycles. The summed E-state index contributed by atoms with van der Waals surface area (Å²) in [4.78, 5) is 13.7. The number of nitrogens with zero attached hydrogens (tertiary/aromatic N) is 5. The zero-order chi connectivity index (χ0) is 20.6. The number of halogens is 1. The SMILES string of the molecule is CN1CCN(c2nc(N(C)S(=O)(=O)c3ccccc3Cl)c3ccccc3n2)CC1. The molecule has 7 nitrogen and oxygen atoms in total. The zero-order valence-electron chi connectivity index (χ0n) is 16.3. The molecule has 1 aromatic heterocycles. The van der Waals surface area contributed by atoms with Gasteiger partial charge in [-0.3, -0.25) is 4.31 Å². The van der Waals surface area contributed by atoms with Crippen LogP contribution in [0.3, 0.4) is 0 Å². The lowest BCUT2D eigenvalue weighted by Gasteiger charge is -2.33. The maximum atomic E-state index is 13.3. The van der Waals surface area contributed by atoms with Crippen molar-refractivity contribution in [2.75, 3.05) is 49.5 Å². The van der Waals surface area contributed by atoms with E-state index in [4.69, 9.17) is 11.6 Å². The van der Waals surface area contributed by atoms with E-state index in [0.717, 1.165) is 26.2 Å². The Kier molecular flexibility index (Phi) is 5.33. The molecule has 0 atom stereocenters. The van der Waals surface area contributed by atoms with Crippen LogP contribution in [0.1, 0.15) is 0 Å². The van der Waals surface area contributed by atoms with Crippen LogP contribution < -0.4 is 9.21 Å². The molecule has 0 unspecified atom stereocenters. The lowest BCUT2D eigenvalue weighted by molar-refractivity contribution is 0.311. The lowest BCUT2D eigenvalue weighted by atomic mass is 10.2. The maximum absolute atomic E-state index is 13.3. The van der Waals surface area contributed by atoms with E-state index in [1.807, 2.05) is 24.3 Å². The highest BCUT2D eigenvalue weighted by Crippen LogP contribution is 2.31. The minimum absolute atomic E-state index is 0.0491. The van der Waals surface area contributed by atoms with Crippen LogP contribution in [0.5, 0.6) is 0 Å². The second kappa shape index (κ2) is 7.78. The monoisotopic (exact) mass is 431 g/mol. The first-order chi connectivity index (χ1) is 13.9. The molecule has 0 radical (unpaired) electrons. The molecule has 0 amide bonds. The number of benzene rings is 2. The van der Waals surface area contributed by atoms with Gasteiger partial charge >= 0.3 is 0 Å². The Hall–Kier alpha value is -2.42. The molecule has 0 bridgehead atoms. The number of piperazine rings is 1. The highest BCUT2D eigenvalue weighted by Gasteiger charge is 2.28. The van der Waals surface area contributed by atoms with E-state index in [2.05, 4.69) is 26.8 Å². The van der Waals surface area contributed by atoms with Gasteiger partial charge in [0.1, 0.15) is 4.90 Å². The van der Waals surface area contributed by atoms with Gasteiger partial charge in [-0.25, -0.2) is 13.4 Å². The molecule has 0 spiro atoms. The van der Waals surface area contributed by atoms with Gasteiger partial charge in [0.05, 0.1) is 10.5 Å². The number of sulfonamides is 1. The van der Waals surface area contributed by atoms with Crippen LogP contribution in [0.15, 0.2) is 53.4 Å². The van der Waals surface area contributed by atoms with Crippen molar-refractivity contribution in [2.45, 2.75) is 4.90 Å². The second-order valence-electron chi connectivity index (χ2n) is 7.06. The number of anilines is 2. The van der Waals surface area contributed by atoms with E-state index in [-0.39, 0.29) is 9.92 Å². The van der Waals surface area contributed by atoms with Crippen molar-refractivity contribution in [3.05, 3.63) is 53.6 Å². The average Bonchev–Trinajstić information content (AvgIpc) is 2.73. The molecular weight excluding hydrogens is 410 g/mol. The highest BCUT2D eigenvalue weighted by molar-refractivity contribution is 7.93. The first-order valence-electron chi connectivity index (χ1n) is 9.31. The third-order valence-electron chi connectivity index (χ3n) is 5.13. The van der Waals surface area contributed by atoms with E-state index >= 15 is 0 Å². The molecule has 29 heavy (non-hydrogen) atoms. The quantitative estimate of drug-likeness (QED) is 0.632. The van der Waals surface area contributed by atoms with Crippen LogP contribution in [-0.4, -0.2) is 63.6 Å². The van der Waals surface area contributed by atoms with E-state index in [1.54, 1.807) is 18.2 Å². The molecular formula is C20H22ClN5O2S. The summed E-state index contributed by atoms with van der Waals surface area (Å²) >= 11 is 6.17. The highest BCUT2D eigenvalue weighted by atomic mass is 35.5. The summed E-state index contributed by atoms with van der Waals surface area (Å²) in [5, 5.41) is 0.848. The fourth-order valence-electron chi connectivity index (χ4n) is 3.35. The Balaban J connectivity index is 1.83.